The van der Waals surface area contributed by atoms with Gasteiger partial charge in [0, 0.05) is 23.0 Å². The number of Topliss-reactive ketones (excluding diaryl/α,β-unsaturated/α-hetero) is 1. The highest BCUT2D eigenvalue weighted by molar-refractivity contribution is 6.31. The lowest BCUT2D eigenvalue weighted by Crippen LogP contribution is -2.59. The molecule has 9 nitrogen and oxygen atoms in total. The van der Waals surface area contributed by atoms with Gasteiger partial charge in [0.15, 0.2) is 11.6 Å². The minimum absolute atomic E-state index is 0.0642. The average molecular weight is 603 g/mol. The van der Waals surface area contributed by atoms with Gasteiger partial charge in [-0.15, -0.1) is 0 Å². The van der Waals surface area contributed by atoms with Gasteiger partial charge in [0.1, 0.15) is 11.5 Å². The first-order valence-electron chi connectivity index (χ1n) is 14.9. The lowest BCUT2D eigenvalue weighted by molar-refractivity contribution is -0.137. The maximum Gasteiger partial charge on any atom is 0.328 e. The largest absolute Gasteiger partial charge is 0.508 e. The number of likely N-dealkylation sites (tertiary alicyclic amines) is 1. The van der Waals surface area contributed by atoms with E-state index >= 15 is 0 Å². The van der Waals surface area contributed by atoms with Crippen molar-refractivity contribution in [1.29, 1.82) is 0 Å². The Morgan fingerprint density at radius 3 is 2.27 bits per heavy atom. The number of phenolic OH excluding ortho intramolecular Hbond substituents is 1. The number of nitrogens with two attached hydrogens (primary N) is 1. The number of benzene rings is 3. The third-order valence-corrected chi connectivity index (χ3v) is 10.1. The number of methoxy groups -OCH3 is 1. The van der Waals surface area contributed by atoms with Crippen molar-refractivity contribution >= 4 is 35.0 Å². The van der Waals surface area contributed by atoms with E-state index < -0.39 is 52.8 Å². The van der Waals surface area contributed by atoms with Gasteiger partial charge >= 0.3 is 6.03 Å². The van der Waals surface area contributed by atoms with Crippen LogP contribution < -0.4 is 10.5 Å². The van der Waals surface area contributed by atoms with Gasteiger partial charge < -0.3 is 15.6 Å². The maximum atomic E-state index is 15.0. The molecule has 226 valence electrons. The number of amides is 4. The molecule has 4 amide bonds. The zero-order valence-electron chi connectivity index (χ0n) is 24.4. The van der Waals surface area contributed by atoms with Crippen LogP contribution in [0.2, 0.25) is 0 Å². The van der Waals surface area contributed by atoms with E-state index in [2.05, 4.69) is 0 Å². The summed E-state index contributed by atoms with van der Waals surface area (Å²) >= 11 is 0. The van der Waals surface area contributed by atoms with Crippen molar-refractivity contribution in [2.75, 3.05) is 7.11 Å². The molecular formula is C36H30N2O7. The summed E-state index contributed by atoms with van der Waals surface area (Å²) in [6.45, 7) is 0. The second-order valence-corrected chi connectivity index (χ2v) is 12.0. The van der Waals surface area contributed by atoms with Crippen LogP contribution in [-0.2, 0) is 24.6 Å². The fourth-order valence-corrected chi connectivity index (χ4v) is 8.41. The number of imide groups is 3. The zero-order valence-corrected chi connectivity index (χ0v) is 24.4. The van der Waals surface area contributed by atoms with Crippen LogP contribution in [0.3, 0.4) is 0 Å². The number of hydrogen-bond donors (Lipinski definition) is 2. The molecule has 0 bridgehead atoms. The molecule has 0 spiro atoms. The van der Waals surface area contributed by atoms with Crippen molar-refractivity contribution in [2.24, 2.45) is 29.4 Å². The Hall–Kier alpha value is -5.31. The van der Waals surface area contributed by atoms with Gasteiger partial charge in [0.05, 0.1) is 24.4 Å². The Bertz CT molecular complexity index is 1850. The highest BCUT2D eigenvalue weighted by atomic mass is 16.5. The van der Waals surface area contributed by atoms with Crippen molar-refractivity contribution < 1.29 is 33.8 Å². The molecule has 3 aliphatic carbocycles. The van der Waals surface area contributed by atoms with Gasteiger partial charge in [-0.25, -0.2) is 4.79 Å². The number of ether oxygens (including phenoxy) is 1. The molecule has 0 unspecified atom stereocenters. The van der Waals surface area contributed by atoms with Crippen LogP contribution in [0.15, 0.2) is 96.6 Å². The molecule has 1 saturated heterocycles. The maximum absolute atomic E-state index is 15.0. The fourth-order valence-electron chi connectivity index (χ4n) is 8.41. The number of carbonyl (C=O) groups is 5. The van der Waals surface area contributed by atoms with Gasteiger partial charge in [-0.05, 0) is 48.1 Å². The Morgan fingerprint density at radius 2 is 1.60 bits per heavy atom. The minimum atomic E-state index is -1.52. The van der Waals surface area contributed by atoms with Crippen LogP contribution in [0, 0.1) is 23.7 Å². The zero-order chi connectivity index (χ0) is 31.6. The van der Waals surface area contributed by atoms with Gasteiger partial charge in [-0.3, -0.25) is 19.2 Å². The number of rotatable bonds is 4. The van der Waals surface area contributed by atoms with Crippen molar-refractivity contribution in [3.05, 3.63) is 113 Å². The number of fused-ring (bicyclic) bond motifs is 4. The molecule has 0 aromatic heterocycles. The number of carbonyl (C=O) groups excluding carboxylic acids is 5. The molecule has 0 radical (unpaired) electrons. The fraction of sp³-hybridized carbons (Fsp3) is 0.250. The van der Waals surface area contributed by atoms with E-state index in [-0.39, 0.29) is 35.7 Å². The predicted octanol–water partition coefficient (Wildman–Crippen LogP) is 4.30. The molecule has 1 saturated carbocycles. The predicted molar refractivity (Wildman–Crippen MR) is 163 cm³/mol. The van der Waals surface area contributed by atoms with Crippen molar-refractivity contribution in [3.8, 4) is 11.5 Å². The number of ketones is 2. The third kappa shape index (κ3) is 3.89. The highest BCUT2D eigenvalue weighted by Crippen LogP contribution is 2.65. The standard InChI is InChI=1S/C36H30N2O7/c1-45-27-14-8-13-26(39)30(27)31-21-15-16-22-29(34(43)38(33(22)42)35(37)44)24(21)17-25-32(41)23(19-9-4-2-5-10-19)18-28(40)36(25,31)20-11-6-3-7-12-20/h2-15,18,22,24-25,29,31,39H,16-17H2,1H3,(H2,37,44)/t22-,24+,25-,29-,31+,36-/m0/s1. The molecule has 3 aromatic rings. The summed E-state index contributed by atoms with van der Waals surface area (Å²) in [6.07, 6.45) is 3.44. The Balaban J connectivity index is 1.55. The molecular weight excluding hydrogens is 572 g/mol. The van der Waals surface area contributed by atoms with Crippen molar-refractivity contribution in [2.45, 2.75) is 24.2 Å². The normalized spacial score (nSPS) is 28.9. The summed E-state index contributed by atoms with van der Waals surface area (Å²) in [6, 6.07) is 21.6. The molecule has 1 heterocycles. The lowest BCUT2D eigenvalue weighted by Gasteiger charge is -2.55. The summed E-state index contributed by atoms with van der Waals surface area (Å²) in [5.74, 6) is -6.25. The monoisotopic (exact) mass is 602 g/mol. The first kappa shape index (κ1) is 28.5. The van der Waals surface area contributed by atoms with E-state index in [1.165, 1.54) is 19.3 Å². The number of allylic oxidation sites excluding steroid dienone is 4. The van der Waals surface area contributed by atoms with Crippen molar-refractivity contribution in [3.63, 3.8) is 0 Å². The number of nitrogens with zero attached hydrogens (tertiary/aromatic N) is 1. The first-order valence-corrected chi connectivity index (χ1v) is 14.9. The minimum Gasteiger partial charge on any atom is -0.508 e. The molecule has 3 aromatic carbocycles. The third-order valence-electron chi connectivity index (χ3n) is 10.1. The summed E-state index contributed by atoms with van der Waals surface area (Å²) in [5.41, 5.74) is 6.33. The van der Waals surface area contributed by atoms with Gasteiger partial charge in [-0.2, -0.15) is 4.90 Å². The van der Waals surface area contributed by atoms with Crippen molar-refractivity contribution in [1.82, 2.24) is 4.90 Å². The molecule has 2 fully saturated rings. The smallest absolute Gasteiger partial charge is 0.328 e. The Kier molecular flexibility index (Phi) is 6.58. The van der Waals surface area contributed by atoms with Gasteiger partial charge in [0.25, 0.3) is 0 Å². The van der Waals surface area contributed by atoms with Crippen LogP contribution in [0.4, 0.5) is 4.79 Å². The number of aromatic hydroxyl groups is 1. The van der Waals surface area contributed by atoms with Crippen LogP contribution >= 0.6 is 0 Å². The lowest BCUT2D eigenvalue weighted by atomic mass is 9.44. The Labute approximate surface area is 259 Å². The van der Waals surface area contributed by atoms with E-state index in [9.17, 15) is 29.1 Å². The Morgan fingerprint density at radius 1 is 0.911 bits per heavy atom. The second-order valence-electron chi connectivity index (χ2n) is 12.0. The van der Waals surface area contributed by atoms with E-state index in [1.807, 2.05) is 30.3 Å². The first-order chi connectivity index (χ1) is 21.7. The average Bonchev–Trinajstić information content (AvgIpc) is 3.32. The van der Waals surface area contributed by atoms with E-state index in [0.717, 1.165) is 0 Å². The number of phenols is 1. The SMILES string of the molecule is COc1cccc(O)c1[C@H]1C2=CC[C@@H]3C(=O)N(C(N)=O)C(=O)[C@@H]3[C@@H]2C[C@H]2C(=O)C(c3ccccc3)=CC(=O)[C@@]12c1ccccc1. The van der Waals surface area contributed by atoms with Crippen LogP contribution in [-0.4, -0.2) is 46.5 Å². The molecule has 4 aliphatic rings. The summed E-state index contributed by atoms with van der Waals surface area (Å²) < 4.78 is 5.76. The van der Waals surface area contributed by atoms with E-state index in [1.54, 1.807) is 48.5 Å². The van der Waals surface area contributed by atoms with Crippen LogP contribution in [0.25, 0.3) is 5.57 Å². The molecule has 9 heteroatoms. The van der Waals surface area contributed by atoms with Crippen LogP contribution in [0.1, 0.15) is 35.4 Å². The quantitative estimate of drug-likeness (QED) is 0.335. The second kappa shape index (κ2) is 10.4. The molecule has 7 rings (SSSR count). The topological polar surface area (TPSA) is 144 Å². The molecule has 1 aliphatic heterocycles. The molecule has 45 heavy (non-hydrogen) atoms. The van der Waals surface area contributed by atoms with E-state index in [4.69, 9.17) is 10.5 Å². The van der Waals surface area contributed by atoms with Gasteiger partial charge in [0.2, 0.25) is 11.8 Å². The summed E-state index contributed by atoms with van der Waals surface area (Å²) in [5, 5.41) is 11.5. The summed E-state index contributed by atoms with van der Waals surface area (Å²) in [4.78, 5) is 69.6. The number of hydrogen-bond acceptors (Lipinski definition) is 7. The van der Waals surface area contributed by atoms with Crippen LogP contribution in [0.5, 0.6) is 11.5 Å². The molecule has 3 N–H and O–H groups in total. The highest BCUT2D eigenvalue weighted by Gasteiger charge is 2.66. The number of urea groups is 1. The summed E-state index contributed by atoms with van der Waals surface area (Å²) in [7, 11) is 1.46. The van der Waals surface area contributed by atoms with E-state index in [0.29, 0.717) is 32.9 Å². The molecule has 6 atom stereocenters. The number of primary amides is 1. The van der Waals surface area contributed by atoms with Gasteiger partial charge in [-0.1, -0.05) is 78.4 Å².